The van der Waals surface area contributed by atoms with E-state index in [-0.39, 0.29) is 35.6 Å². The van der Waals surface area contributed by atoms with Gasteiger partial charge < -0.3 is 4.90 Å². The molecule has 0 unspecified atom stereocenters. The molecule has 0 saturated carbocycles. The van der Waals surface area contributed by atoms with Crippen molar-refractivity contribution in [3.8, 4) is 0 Å². The largest absolute Gasteiger partial charge is 0.419 e. The number of carbonyl (C=O) groups excluding carboxylic acids is 1. The first-order chi connectivity index (χ1) is 17.2. The zero-order valence-electron chi connectivity index (χ0n) is 20.6. The summed E-state index contributed by atoms with van der Waals surface area (Å²) >= 11 is 0. The molecule has 0 aliphatic carbocycles. The van der Waals surface area contributed by atoms with Crippen molar-refractivity contribution in [2.45, 2.75) is 19.5 Å². The number of ketones is 1. The number of Topliss-reactive ketones (excluding diaryl/α,β-unsaturated/α-hetero) is 1. The van der Waals surface area contributed by atoms with Gasteiger partial charge in [-0.05, 0) is 87.1 Å². The van der Waals surface area contributed by atoms with E-state index in [0.29, 0.717) is 36.2 Å². The highest BCUT2D eigenvalue weighted by Crippen LogP contribution is 2.33. The Bertz CT molecular complexity index is 1350. The summed E-state index contributed by atoms with van der Waals surface area (Å²) in [5.41, 5.74) is -0.774. The van der Waals surface area contributed by atoms with Crippen LogP contribution in [0.1, 0.15) is 28.7 Å². The van der Waals surface area contributed by atoms with Crippen LogP contribution >= 0.6 is 0 Å². The van der Waals surface area contributed by atoms with Crippen molar-refractivity contribution in [1.82, 2.24) is 9.21 Å². The molecule has 1 aliphatic heterocycles. The first-order valence-corrected chi connectivity index (χ1v) is 13.0. The highest BCUT2D eigenvalue weighted by molar-refractivity contribution is 7.89. The lowest BCUT2D eigenvalue weighted by molar-refractivity contribution is -0.140. The van der Waals surface area contributed by atoms with Gasteiger partial charge in [-0.1, -0.05) is 12.1 Å². The third kappa shape index (κ3) is 7.33. The van der Waals surface area contributed by atoms with E-state index in [1.165, 1.54) is 24.3 Å². The van der Waals surface area contributed by atoms with Crippen LogP contribution in [0.25, 0.3) is 12.2 Å². The Balaban J connectivity index is 2.05. The van der Waals surface area contributed by atoms with Crippen LogP contribution in [0.2, 0.25) is 0 Å². The number of halogens is 5. The van der Waals surface area contributed by atoms with Gasteiger partial charge in [0.15, 0.2) is 5.78 Å². The highest BCUT2D eigenvalue weighted by atomic mass is 32.2. The normalized spacial score (nSPS) is 17.8. The summed E-state index contributed by atoms with van der Waals surface area (Å²) in [7, 11) is -0.229. The second-order valence-corrected chi connectivity index (χ2v) is 11.2. The molecule has 0 aromatic heterocycles. The number of hydrogen-bond donors (Lipinski definition) is 0. The van der Waals surface area contributed by atoms with Crippen LogP contribution in [0.3, 0.4) is 0 Å². The second-order valence-electron chi connectivity index (χ2n) is 9.15. The number of alkyl halides is 3. The molecular weight excluding hydrogens is 515 g/mol. The third-order valence-electron chi connectivity index (χ3n) is 5.84. The maximum absolute atomic E-state index is 13.7. The molecule has 37 heavy (non-hydrogen) atoms. The van der Waals surface area contributed by atoms with E-state index in [9.17, 15) is 35.2 Å². The van der Waals surface area contributed by atoms with E-state index >= 15 is 0 Å². The van der Waals surface area contributed by atoms with Gasteiger partial charge in [0.1, 0.15) is 11.6 Å². The molecule has 0 N–H and O–H groups in total. The van der Waals surface area contributed by atoms with Crippen LogP contribution in [0.15, 0.2) is 47.5 Å². The van der Waals surface area contributed by atoms with E-state index in [4.69, 9.17) is 0 Å². The second kappa shape index (κ2) is 11.2. The van der Waals surface area contributed by atoms with Crippen molar-refractivity contribution in [2.24, 2.45) is 0 Å². The van der Waals surface area contributed by atoms with E-state index in [1.54, 1.807) is 21.0 Å². The highest BCUT2D eigenvalue weighted by Gasteiger charge is 2.35. The molecule has 2 aromatic carbocycles. The van der Waals surface area contributed by atoms with Gasteiger partial charge >= 0.3 is 6.18 Å². The summed E-state index contributed by atoms with van der Waals surface area (Å²) < 4.78 is 94.3. The Morgan fingerprint density at radius 1 is 0.946 bits per heavy atom. The van der Waals surface area contributed by atoms with Gasteiger partial charge in [0, 0.05) is 24.2 Å². The van der Waals surface area contributed by atoms with Gasteiger partial charge in [0.05, 0.1) is 11.3 Å². The number of carbonyl (C=O) groups is 1. The maximum Gasteiger partial charge on any atom is 0.419 e. The molecule has 1 aliphatic rings. The van der Waals surface area contributed by atoms with Gasteiger partial charge in [-0.25, -0.2) is 17.2 Å². The van der Waals surface area contributed by atoms with Crippen LogP contribution in [0.4, 0.5) is 22.0 Å². The van der Waals surface area contributed by atoms with Gasteiger partial charge in [0.25, 0.3) is 0 Å². The van der Waals surface area contributed by atoms with Gasteiger partial charge in [-0.3, -0.25) is 4.79 Å². The molecule has 200 valence electrons. The molecule has 0 spiro atoms. The standard InChI is InChI=1S/C26H27F5N2O3S/c1-17-11-18(5-7-23(17)27)12-20-15-33(37(35,36)10-4-9-32(2)3)16-21(25(20)34)13-19-6-8-24(28)22(14-19)26(29,30)31/h5-8,11-14H,4,9-10,15-16H2,1-3H3/b20-12+,21-13+. The lowest BCUT2D eigenvalue weighted by Gasteiger charge is -2.29. The third-order valence-corrected chi connectivity index (χ3v) is 7.69. The zero-order chi connectivity index (χ0) is 27.5. The van der Waals surface area contributed by atoms with Crippen molar-refractivity contribution in [2.75, 3.05) is 39.5 Å². The van der Waals surface area contributed by atoms with Crippen LogP contribution in [0.5, 0.6) is 0 Å². The minimum Gasteiger partial charge on any atom is -0.309 e. The summed E-state index contributed by atoms with van der Waals surface area (Å²) in [6, 6.07) is 6.47. The van der Waals surface area contributed by atoms with Crippen LogP contribution < -0.4 is 0 Å². The average Bonchev–Trinajstić information content (AvgIpc) is 2.78. The zero-order valence-corrected chi connectivity index (χ0v) is 21.4. The predicted molar refractivity (Wildman–Crippen MR) is 132 cm³/mol. The Morgan fingerprint density at radius 2 is 1.49 bits per heavy atom. The fraction of sp³-hybridized carbons (Fsp3) is 0.346. The molecule has 0 amide bonds. The van der Waals surface area contributed by atoms with Crippen LogP contribution in [0, 0.1) is 18.6 Å². The van der Waals surface area contributed by atoms with E-state index in [2.05, 4.69) is 0 Å². The Morgan fingerprint density at radius 3 is 2.00 bits per heavy atom. The molecular formula is C26H27F5N2O3S. The number of piperidine rings is 1. The molecule has 0 atom stereocenters. The minimum atomic E-state index is -4.94. The number of sulfonamides is 1. The Kier molecular flexibility index (Phi) is 8.71. The number of rotatable bonds is 7. The van der Waals surface area contributed by atoms with E-state index in [0.717, 1.165) is 16.4 Å². The number of benzene rings is 2. The molecule has 0 bridgehead atoms. The summed E-state index contributed by atoms with van der Waals surface area (Å²) in [6.45, 7) is 1.47. The molecule has 1 saturated heterocycles. The number of nitrogens with zero attached hydrogens (tertiary/aromatic N) is 2. The molecule has 1 heterocycles. The lowest BCUT2D eigenvalue weighted by atomic mass is 9.95. The van der Waals surface area contributed by atoms with Crippen molar-refractivity contribution in [1.29, 1.82) is 0 Å². The fourth-order valence-electron chi connectivity index (χ4n) is 3.91. The van der Waals surface area contributed by atoms with Crippen molar-refractivity contribution >= 4 is 28.0 Å². The maximum atomic E-state index is 13.7. The summed E-state index contributed by atoms with van der Waals surface area (Å²) in [6.07, 6.45) is -2.03. The fourth-order valence-corrected chi connectivity index (χ4v) is 5.33. The summed E-state index contributed by atoms with van der Waals surface area (Å²) in [5.74, 6) is -2.65. The quantitative estimate of drug-likeness (QED) is 0.368. The van der Waals surface area contributed by atoms with Gasteiger partial charge in [-0.2, -0.15) is 17.5 Å². The van der Waals surface area contributed by atoms with E-state index in [1.807, 2.05) is 4.90 Å². The average molecular weight is 543 g/mol. The summed E-state index contributed by atoms with van der Waals surface area (Å²) in [5, 5.41) is 0. The minimum absolute atomic E-state index is 0.0627. The van der Waals surface area contributed by atoms with Gasteiger partial charge in [0.2, 0.25) is 10.0 Å². The Labute approximate surface area is 212 Å². The lowest BCUT2D eigenvalue weighted by Crippen LogP contribution is -2.42. The van der Waals surface area contributed by atoms with E-state index < -0.39 is 39.2 Å². The monoisotopic (exact) mass is 542 g/mol. The summed E-state index contributed by atoms with van der Waals surface area (Å²) in [4.78, 5) is 15.1. The van der Waals surface area contributed by atoms with Crippen molar-refractivity contribution in [3.05, 3.63) is 81.4 Å². The molecule has 3 rings (SSSR count). The topological polar surface area (TPSA) is 57.7 Å². The van der Waals surface area contributed by atoms with Crippen LogP contribution in [-0.4, -0.2) is 62.9 Å². The molecule has 11 heteroatoms. The predicted octanol–water partition coefficient (Wildman–Crippen LogP) is 4.93. The van der Waals surface area contributed by atoms with Gasteiger partial charge in [-0.15, -0.1) is 0 Å². The molecule has 0 radical (unpaired) electrons. The van der Waals surface area contributed by atoms with Crippen LogP contribution in [-0.2, 0) is 21.0 Å². The SMILES string of the molecule is Cc1cc(/C=C2\CN(S(=O)(=O)CCCN(C)C)C/C(=C\c3ccc(F)c(C(F)(F)F)c3)C2=O)ccc1F. The smallest absolute Gasteiger partial charge is 0.309 e. The number of hydrogen-bond acceptors (Lipinski definition) is 4. The molecule has 2 aromatic rings. The number of aryl methyl sites for hydroxylation is 1. The molecule has 1 fully saturated rings. The first-order valence-electron chi connectivity index (χ1n) is 11.4. The molecule has 5 nitrogen and oxygen atoms in total. The first kappa shape index (κ1) is 28.7. The Hall–Kier alpha value is -2.89. The van der Waals surface area contributed by atoms with Crippen molar-refractivity contribution < 1.29 is 35.2 Å². The van der Waals surface area contributed by atoms with Crippen molar-refractivity contribution in [3.63, 3.8) is 0 Å².